The Hall–Kier alpha value is -7.00. The van der Waals surface area contributed by atoms with Crippen LogP contribution in [-0.4, -0.2) is 0 Å². The van der Waals surface area contributed by atoms with E-state index in [4.69, 9.17) is 4.42 Å². The number of benzene rings is 10. The largest absolute Gasteiger partial charge is 0.456 e. The third kappa shape index (κ3) is 4.55. The predicted octanol–water partition coefficient (Wildman–Crippen LogP) is 16.7. The molecule has 0 fully saturated rings. The highest BCUT2D eigenvalue weighted by Gasteiger charge is 2.37. The minimum atomic E-state index is -0.0775. The number of hydrogen-bond acceptors (Lipinski definition) is 2. The molecule has 13 rings (SSSR count). The average Bonchev–Trinajstić information content (AvgIpc) is 3.92. The molecule has 0 saturated carbocycles. The molecule has 1 aliphatic carbocycles. The first-order chi connectivity index (χ1) is 29.0. The lowest BCUT2D eigenvalue weighted by molar-refractivity contribution is 0.656. The molecule has 0 radical (unpaired) electrons. The first kappa shape index (κ1) is 33.0. The molecule has 0 aliphatic heterocycles. The van der Waals surface area contributed by atoms with Crippen molar-refractivity contribution in [3.05, 3.63) is 193 Å². The van der Waals surface area contributed by atoms with Crippen molar-refractivity contribution in [2.75, 3.05) is 0 Å². The zero-order valence-corrected chi connectivity index (χ0v) is 33.5. The molecule has 0 saturated heterocycles. The molecule has 2 heterocycles. The highest BCUT2D eigenvalue weighted by atomic mass is 32.1. The summed E-state index contributed by atoms with van der Waals surface area (Å²) >= 11 is 1.87. The van der Waals surface area contributed by atoms with E-state index in [1.54, 1.807) is 0 Å². The fraction of sp³-hybridized carbons (Fsp3) is 0.0526. The molecule has 0 spiro atoms. The second-order valence-corrected chi connectivity index (χ2v) is 17.8. The van der Waals surface area contributed by atoms with Crippen LogP contribution in [0.2, 0.25) is 0 Å². The van der Waals surface area contributed by atoms with Gasteiger partial charge in [0.05, 0.1) is 0 Å². The standard InChI is InChI=1S/C57H36OS/c1-57(2)46-21-11-9-20-43(46)54-47(57)28-29-48-56(54)55-38-15-4-3-13-36(38)44(32-49(55)58-48)33-23-25-34(26-24-33)52-39-16-5-7-18-41(39)53(42-19-8-6-17-40(42)52)35-27-30-51-45(31-35)37-14-10-12-22-50(37)59-51/h3-32H,1-2H3. The molecule has 1 aliphatic rings. The third-order valence-electron chi connectivity index (χ3n) is 13.3. The maximum Gasteiger partial charge on any atom is 0.136 e. The summed E-state index contributed by atoms with van der Waals surface area (Å²) < 4.78 is 9.46. The lowest BCUT2D eigenvalue weighted by Gasteiger charge is -2.21. The maximum atomic E-state index is 6.81. The molecule has 1 nitrogen and oxygen atoms in total. The van der Waals surface area contributed by atoms with Crippen molar-refractivity contribution in [1.82, 2.24) is 0 Å². The molecule has 276 valence electrons. The van der Waals surface area contributed by atoms with Gasteiger partial charge in [-0.15, -0.1) is 11.3 Å². The van der Waals surface area contributed by atoms with Crippen molar-refractivity contribution in [3.8, 4) is 44.5 Å². The van der Waals surface area contributed by atoms with E-state index < -0.39 is 0 Å². The second-order valence-electron chi connectivity index (χ2n) is 16.7. The van der Waals surface area contributed by atoms with E-state index in [9.17, 15) is 0 Å². The molecule has 0 atom stereocenters. The van der Waals surface area contributed by atoms with Crippen LogP contribution in [0.4, 0.5) is 0 Å². The third-order valence-corrected chi connectivity index (χ3v) is 14.4. The van der Waals surface area contributed by atoms with Crippen molar-refractivity contribution >= 4 is 85.8 Å². The summed E-state index contributed by atoms with van der Waals surface area (Å²) in [6.45, 7) is 4.69. The van der Waals surface area contributed by atoms with E-state index in [2.05, 4.69) is 196 Å². The molecular weight excluding hydrogens is 733 g/mol. The fourth-order valence-corrected chi connectivity index (χ4v) is 11.7. The highest BCUT2D eigenvalue weighted by molar-refractivity contribution is 7.25. The summed E-state index contributed by atoms with van der Waals surface area (Å²) in [7, 11) is 0. The smallest absolute Gasteiger partial charge is 0.136 e. The Morgan fingerprint density at radius 2 is 0.915 bits per heavy atom. The van der Waals surface area contributed by atoms with Crippen LogP contribution in [0.5, 0.6) is 0 Å². The quantitative estimate of drug-likeness (QED) is 0.163. The van der Waals surface area contributed by atoms with Gasteiger partial charge in [-0.05, 0) is 118 Å². The Morgan fingerprint density at radius 3 is 1.64 bits per heavy atom. The van der Waals surface area contributed by atoms with E-state index in [1.165, 1.54) is 119 Å². The van der Waals surface area contributed by atoms with Crippen LogP contribution in [0, 0.1) is 0 Å². The van der Waals surface area contributed by atoms with E-state index in [-0.39, 0.29) is 5.41 Å². The van der Waals surface area contributed by atoms with Crippen LogP contribution in [0.1, 0.15) is 25.0 Å². The van der Waals surface area contributed by atoms with Crippen LogP contribution in [-0.2, 0) is 5.41 Å². The van der Waals surface area contributed by atoms with E-state index >= 15 is 0 Å². The molecule has 2 heteroatoms. The van der Waals surface area contributed by atoms with Crippen molar-refractivity contribution in [2.45, 2.75) is 19.3 Å². The second kappa shape index (κ2) is 12.0. The van der Waals surface area contributed by atoms with Crippen LogP contribution in [0.15, 0.2) is 186 Å². The molecular formula is C57H36OS. The molecule has 0 amide bonds. The molecule has 10 aromatic carbocycles. The minimum absolute atomic E-state index is 0.0775. The Bertz CT molecular complexity index is 3690. The van der Waals surface area contributed by atoms with Gasteiger partial charge in [-0.3, -0.25) is 0 Å². The van der Waals surface area contributed by atoms with Gasteiger partial charge in [0.2, 0.25) is 0 Å². The van der Waals surface area contributed by atoms with E-state index in [0.717, 1.165) is 11.2 Å². The molecule has 0 N–H and O–H groups in total. The lowest BCUT2D eigenvalue weighted by atomic mass is 9.82. The summed E-state index contributed by atoms with van der Waals surface area (Å²) in [6.07, 6.45) is 0. The van der Waals surface area contributed by atoms with Gasteiger partial charge in [0.25, 0.3) is 0 Å². The average molecular weight is 769 g/mol. The van der Waals surface area contributed by atoms with Gasteiger partial charge < -0.3 is 4.42 Å². The van der Waals surface area contributed by atoms with Crippen LogP contribution in [0.3, 0.4) is 0 Å². The van der Waals surface area contributed by atoms with Gasteiger partial charge in [-0.2, -0.15) is 0 Å². The molecule has 0 bridgehead atoms. The number of fused-ring (bicyclic) bond motifs is 14. The monoisotopic (exact) mass is 768 g/mol. The highest BCUT2D eigenvalue weighted by Crippen LogP contribution is 2.54. The number of furan rings is 1. The molecule has 0 unspecified atom stereocenters. The normalized spacial score (nSPS) is 13.4. The Balaban J connectivity index is 0.991. The summed E-state index contributed by atoms with van der Waals surface area (Å²) in [6, 6.07) is 67.5. The number of hydrogen-bond donors (Lipinski definition) is 0. The fourth-order valence-electron chi connectivity index (χ4n) is 10.6. The minimum Gasteiger partial charge on any atom is -0.456 e. The number of thiophene rings is 1. The van der Waals surface area contributed by atoms with Gasteiger partial charge >= 0.3 is 0 Å². The predicted molar refractivity (Wildman–Crippen MR) is 253 cm³/mol. The SMILES string of the molecule is CC1(C)c2ccccc2-c2c1ccc1oc3cc(-c4ccc(-c5c6ccccc6c(-c6ccc7sc8ccccc8c7c6)c6ccccc56)cc4)c4ccccc4c3c21. The summed E-state index contributed by atoms with van der Waals surface area (Å²) in [5.41, 5.74) is 14.5. The molecule has 12 aromatic rings. The summed E-state index contributed by atoms with van der Waals surface area (Å²) in [4.78, 5) is 0. The van der Waals surface area contributed by atoms with Gasteiger partial charge in [0.15, 0.2) is 0 Å². The Kier molecular flexibility index (Phi) is 6.73. The van der Waals surface area contributed by atoms with Gasteiger partial charge in [0, 0.05) is 36.4 Å². The van der Waals surface area contributed by atoms with Crippen LogP contribution in [0.25, 0.3) is 119 Å². The van der Waals surface area contributed by atoms with Gasteiger partial charge in [0.1, 0.15) is 11.2 Å². The Labute approximate surface area is 345 Å². The number of rotatable bonds is 3. The van der Waals surface area contributed by atoms with Crippen molar-refractivity contribution < 1.29 is 4.42 Å². The lowest BCUT2D eigenvalue weighted by Crippen LogP contribution is -2.14. The maximum absolute atomic E-state index is 6.81. The van der Waals surface area contributed by atoms with Crippen LogP contribution >= 0.6 is 11.3 Å². The van der Waals surface area contributed by atoms with E-state index in [1.807, 2.05) is 11.3 Å². The van der Waals surface area contributed by atoms with Crippen molar-refractivity contribution in [1.29, 1.82) is 0 Å². The van der Waals surface area contributed by atoms with E-state index in [0.29, 0.717) is 0 Å². The first-order valence-electron chi connectivity index (χ1n) is 20.5. The summed E-state index contributed by atoms with van der Waals surface area (Å²) in [5, 5.41) is 12.6. The zero-order chi connectivity index (χ0) is 39.0. The Morgan fingerprint density at radius 1 is 0.356 bits per heavy atom. The van der Waals surface area contributed by atoms with Crippen molar-refractivity contribution in [2.24, 2.45) is 0 Å². The van der Waals surface area contributed by atoms with Crippen LogP contribution < -0.4 is 0 Å². The summed E-state index contributed by atoms with van der Waals surface area (Å²) in [5.74, 6) is 0. The molecule has 59 heavy (non-hydrogen) atoms. The first-order valence-corrected chi connectivity index (χ1v) is 21.3. The zero-order valence-electron chi connectivity index (χ0n) is 32.6. The van der Waals surface area contributed by atoms with Crippen molar-refractivity contribution in [3.63, 3.8) is 0 Å². The molecule has 2 aromatic heterocycles. The topological polar surface area (TPSA) is 13.1 Å². The van der Waals surface area contributed by atoms with Gasteiger partial charge in [-0.25, -0.2) is 0 Å². The van der Waals surface area contributed by atoms with Gasteiger partial charge in [-0.1, -0.05) is 166 Å².